The molecule has 0 unspecified atom stereocenters. The molecule has 3 rings (SSSR count). The van der Waals surface area contributed by atoms with Crippen molar-refractivity contribution < 1.29 is 4.39 Å². The van der Waals surface area contributed by atoms with Crippen molar-refractivity contribution in [3.05, 3.63) is 52.1 Å². The number of halogens is 1. The van der Waals surface area contributed by atoms with Crippen LogP contribution < -0.4 is 5.56 Å². The highest BCUT2D eigenvalue weighted by molar-refractivity contribution is 5.59. The second-order valence-corrected chi connectivity index (χ2v) is 5.95. The van der Waals surface area contributed by atoms with Gasteiger partial charge in [-0.3, -0.25) is 9.89 Å². The van der Waals surface area contributed by atoms with Gasteiger partial charge in [-0.05, 0) is 23.6 Å². The van der Waals surface area contributed by atoms with Gasteiger partial charge < -0.3 is 0 Å². The molecule has 0 spiro atoms. The molecule has 0 aliphatic heterocycles. The molecule has 6 heteroatoms. The summed E-state index contributed by atoms with van der Waals surface area (Å²) in [7, 11) is 0. The highest BCUT2D eigenvalue weighted by atomic mass is 19.1. The maximum absolute atomic E-state index is 13.9. The molecule has 108 valence electrons. The summed E-state index contributed by atoms with van der Waals surface area (Å²) in [6.07, 6.45) is 0. The van der Waals surface area contributed by atoms with Crippen LogP contribution in [0, 0.1) is 5.82 Å². The molecular weight excluding hydrogens is 271 g/mol. The number of aromatic amines is 1. The van der Waals surface area contributed by atoms with Crippen LogP contribution in [0.1, 0.15) is 26.3 Å². The average molecular weight is 286 g/mol. The molecule has 0 aliphatic rings. The van der Waals surface area contributed by atoms with Crippen LogP contribution in [0.5, 0.6) is 0 Å². The number of rotatable bonds is 1. The van der Waals surface area contributed by atoms with Gasteiger partial charge in [0.1, 0.15) is 5.82 Å². The van der Waals surface area contributed by atoms with Gasteiger partial charge >= 0.3 is 0 Å². The second-order valence-electron chi connectivity index (χ2n) is 5.95. The minimum absolute atomic E-state index is 0.229. The highest BCUT2D eigenvalue weighted by Gasteiger charge is 2.21. The van der Waals surface area contributed by atoms with Gasteiger partial charge in [-0.2, -0.15) is 0 Å². The van der Waals surface area contributed by atoms with E-state index in [1.807, 2.05) is 20.8 Å². The fourth-order valence-corrected chi connectivity index (χ4v) is 2.23. The van der Waals surface area contributed by atoms with Crippen LogP contribution in [0.4, 0.5) is 4.39 Å². The predicted molar refractivity (Wildman–Crippen MR) is 77.7 cm³/mol. The molecule has 21 heavy (non-hydrogen) atoms. The number of H-pyrrole nitrogens is 1. The van der Waals surface area contributed by atoms with E-state index in [1.54, 1.807) is 24.3 Å². The summed E-state index contributed by atoms with van der Waals surface area (Å²) < 4.78 is 15.3. The molecule has 2 aromatic heterocycles. The lowest BCUT2D eigenvalue weighted by atomic mass is 9.88. The van der Waals surface area contributed by atoms with Gasteiger partial charge in [-0.15, -0.1) is 10.2 Å². The summed E-state index contributed by atoms with van der Waals surface area (Å²) in [5.41, 5.74) is 0.858. The molecule has 0 bridgehead atoms. The first kappa shape index (κ1) is 13.5. The Hall–Kier alpha value is -2.50. The molecule has 0 fully saturated rings. The van der Waals surface area contributed by atoms with E-state index in [1.165, 1.54) is 10.6 Å². The lowest BCUT2D eigenvalue weighted by molar-refractivity contribution is 0.577. The molecule has 3 aromatic rings. The van der Waals surface area contributed by atoms with Crippen LogP contribution in [-0.2, 0) is 5.41 Å². The Morgan fingerprint density at radius 2 is 1.90 bits per heavy atom. The van der Waals surface area contributed by atoms with E-state index >= 15 is 0 Å². The standard InChI is InChI=1S/C15H15FN4O/c1-15(2,3)10-8-12-17-18-13(20(12)19-14(10)21)9-6-4-5-7-11(9)16/h4-8H,1-3H3,(H,19,21). The molecule has 1 aromatic carbocycles. The third kappa shape index (κ3) is 2.22. The van der Waals surface area contributed by atoms with Gasteiger partial charge in [0.2, 0.25) is 0 Å². The number of benzene rings is 1. The topological polar surface area (TPSA) is 63.1 Å². The Morgan fingerprint density at radius 1 is 1.19 bits per heavy atom. The molecule has 0 saturated heterocycles. The first-order valence-corrected chi connectivity index (χ1v) is 6.62. The SMILES string of the molecule is CC(C)(C)c1cc2nnc(-c3ccccc3F)n2[nH]c1=O. The Morgan fingerprint density at radius 3 is 2.57 bits per heavy atom. The van der Waals surface area contributed by atoms with Gasteiger partial charge in [0.05, 0.1) is 5.56 Å². The van der Waals surface area contributed by atoms with Gasteiger partial charge in [0.25, 0.3) is 5.56 Å². The van der Waals surface area contributed by atoms with E-state index in [-0.39, 0.29) is 16.8 Å². The monoisotopic (exact) mass is 286 g/mol. The average Bonchev–Trinajstić information content (AvgIpc) is 2.80. The first-order valence-electron chi connectivity index (χ1n) is 6.62. The summed E-state index contributed by atoms with van der Waals surface area (Å²) >= 11 is 0. The van der Waals surface area contributed by atoms with Gasteiger partial charge in [-0.1, -0.05) is 32.9 Å². The van der Waals surface area contributed by atoms with Crippen molar-refractivity contribution in [3.8, 4) is 11.4 Å². The van der Waals surface area contributed by atoms with E-state index < -0.39 is 5.82 Å². The molecule has 1 N–H and O–H groups in total. The maximum Gasteiger partial charge on any atom is 0.266 e. The third-order valence-corrected chi connectivity index (χ3v) is 3.34. The number of hydrogen-bond acceptors (Lipinski definition) is 3. The minimum Gasteiger partial charge on any atom is -0.268 e. The normalized spacial score (nSPS) is 12.0. The molecule has 0 atom stereocenters. The van der Waals surface area contributed by atoms with Crippen LogP contribution in [0.2, 0.25) is 0 Å². The highest BCUT2D eigenvalue weighted by Crippen LogP contribution is 2.23. The Bertz CT molecular complexity index is 873. The van der Waals surface area contributed by atoms with E-state index in [0.717, 1.165) is 0 Å². The minimum atomic E-state index is -0.410. The number of nitrogens with zero attached hydrogens (tertiary/aromatic N) is 3. The molecule has 5 nitrogen and oxygen atoms in total. The first-order chi connectivity index (χ1) is 9.88. The predicted octanol–water partition coefficient (Wildman–Crippen LogP) is 2.52. The quantitative estimate of drug-likeness (QED) is 0.747. The lowest BCUT2D eigenvalue weighted by Crippen LogP contribution is -2.26. The van der Waals surface area contributed by atoms with Crippen LogP contribution >= 0.6 is 0 Å². The van der Waals surface area contributed by atoms with Crippen molar-refractivity contribution in [3.63, 3.8) is 0 Å². The van der Waals surface area contributed by atoms with E-state index in [2.05, 4.69) is 15.3 Å². The second kappa shape index (κ2) is 4.51. The smallest absolute Gasteiger partial charge is 0.266 e. The molecule has 0 amide bonds. The lowest BCUT2D eigenvalue weighted by Gasteiger charge is -2.17. The molecule has 0 radical (unpaired) electrons. The Balaban J connectivity index is 2.28. The number of nitrogens with one attached hydrogen (secondary N) is 1. The molecule has 0 saturated carbocycles. The molecule has 2 heterocycles. The van der Waals surface area contributed by atoms with Crippen molar-refractivity contribution in [2.45, 2.75) is 26.2 Å². The van der Waals surface area contributed by atoms with Crippen LogP contribution in [0.25, 0.3) is 17.0 Å². The fourth-order valence-electron chi connectivity index (χ4n) is 2.23. The Kier molecular flexibility index (Phi) is 2.90. The van der Waals surface area contributed by atoms with Crippen LogP contribution in [0.3, 0.4) is 0 Å². The summed E-state index contributed by atoms with van der Waals surface area (Å²) in [5, 5.41) is 10.7. The zero-order valence-corrected chi connectivity index (χ0v) is 12.0. The van der Waals surface area contributed by atoms with Gasteiger partial charge in [0, 0.05) is 5.56 Å². The van der Waals surface area contributed by atoms with Crippen molar-refractivity contribution in [2.24, 2.45) is 0 Å². The zero-order valence-electron chi connectivity index (χ0n) is 12.0. The summed E-state index contributed by atoms with van der Waals surface area (Å²) in [6.45, 7) is 5.84. The van der Waals surface area contributed by atoms with Crippen LogP contribution in [0.15, 0.2) is 35.1 Å². The summed E-state index contributed by atoms with van der Waals surface area (Å²) in [6, 6.07) is 7.94. The van der Waals surface area contributed by atoms with Gasteiger partial charge in [-0.25, -0.2) is 8.91 Å². The Labute approximate surface area is 120 Å². The van der Waals surface area contributed by atoms with E-state index in [4.69, 9.17) is 0 Å². The van der Waals surface area contributed by atoms with Crippen molar-refractivity contribution >= 4 is 5.65 Å². The van der Waals surface area contributed by atoms with Crippen molar-refractivity contribution in [1.82, 2.24) is 19.8 Å². The summed E-state index contributed by atoms with van der Waals surface area (Å²) in [5.74, 6) is -0.131. The number of fused-ring (bicyclic) bond motifs is 1. The van der Waals surface area contributed by atoms with Gasteiger partial charge in [0.15, 0.2) is 11.5 Å². The van der Waals surface area contributed by atoms with E-state index in [0.29, 0.717) is 16.8 Å². The zero-order chi connectivity index (χ0) is 15.2. The molecular formula is C15H15FN4O. The van der Waals surface area contributed by atoms with E-state index in [9.17, 15) is 9.18 Å². The largest absolute Gasteiger partial charge is 0.268 e. The fraction of sp³-hybridized carbons (Fsp3) is 0.267. The number of aromatic nitrogens is 4. The van der Waals surface area contributed by atoms with Crippen molar-refractivity contribution in [1.29, 1.82) is 0 Å². The summed E-state index contributed by atoms with van der Waals surface area (Å²) in [4.78, 5) is 12.2. The molecule has 0 aliphatic carbocycles. The third-order valence-electron chi connectivity index (χ3n) is 3.34. The number of hydrogen-bond donors (Lipinski definition) is 1. The van der Waals surface area contributed by atoms with Crippen molar-refractivity contribution in [2.75, 3.05) is 0 Å². The van der Waals surface area contributed by atoms with Crippen LogP contribution in [-0.4, -0.2) is 19.8 Å². The maximum atomic E-state index is 13.9.